The Labute approximate surface area is 352 Å². The number of anilines is 3. The Morgan fingerprint density at radius 3 is 1.68 bits per heavy atom. The maximum Gasteiger partial charge on any atom is 0.247 e. The fourth-order valence-corrected chi connectivity index (χ4v) is 10.3. The zero-order valence-corrected chi connectivity index (χ0v) is 37.7. The Hall–Kier alpha value is -5.22. The normalized spacial score (nSPS) is 15.5. The third-order valence-electron chi connectivity index (χ3n) is 13.9. The molecule has 3 nitrogen and oxygen atoms in total. The molecular weight excluding hydrogens is 715 g/mol. The number of aromatic nitrogens is 1. The first-order valence-electron chi connectivity index (χ1n) is 21.7. The lowest BCUT2D eigenvalue weighted by Crippen LogP contribution is -2.64. The van der Waals surface area contributed by atoms with Crippen LogP contribution in [-0.4, -0.2) is 11.3 Å². The maximum absolute atomic E-state index is 6.99. The van der Waals surface area contributed by atoms with E-state index in [-0.39, 0.29) is 33.8 Å². The maximum atomic E-state index is 6.99. The number of nitrogens with zero attached hydrogens (tertiary/aromatic N) is 2. The molecule has 0 bridgehead atoms. The van der Waals surface area contributed by atoms with Crippen LogP contribution in [0.5, 0.6) is 11.5 Å². The van der Waals surface area contributed by atoms with Crippen molar-refractivity contribution in [3.05, 3.63) is 137 Å². The second-order valence-electron chi connectivity index (χ2n) is 22.4. The van der Waals surface area contributed by atoms with E-state index in [9.17, 15) is 0 Å². The molecule has 0 atom stereocenters. The average Bonchev–Trinajstić information content (AvgIpc) is 3.47. The highest BCUT2D eigenvalue weighted by molar-refractivity contribution is 6.99. The first kappa shape index (κ1) is 38.0. The van der Waals surface area contributed by atoms with Crippen LogP contribution in [0, 0.1) is 0 Å². The lowest BCUT2D eigenvalue weighted by Gasteiger charge is -2.47. The number of benzene rings is 6. The molecule has 0 unspecified atom stereocenters. The van der Waals surface area contributed by atoms with Crippen LogP contribution in [0.15, 0.2) is 103 Å². The quantitative estimate of drug-likeness (QED) is 0.155. The molecule has 0 saturated carbocycles. The van der Waals surface area contributed by atoms with Gasteiger partial charge < -0.3 is 14.2 Å². The van der Waals surface area contributed by atoms with E-state index in [4.69, 9.17) is 4.74 Å². The lowest BCUT2D eigenvalue weighted by atomic mass is 9.30. The van der Waals surface area contributed by atoms with Crippen LogP contribution in [0.2, 0.25) is 0 Å². The van der Waals surface area contributed by atoms with Gasteiger partial charge in [-0.2, -0.15) is 0 Å². The van der Waals surface area contributed by atoms with E-state index in [1.54, 1.807) is 0 Å². The third kappa shape index (κ3) is 5.54. The monoisotopic (exact) mass is 774 g/mol. The largest absolute Gasteiger partial charge is 0.453 e. The molecule has 298 valence electrons. The fourth-order valence-electron chi connectivity index (χ4n) is 10.3. The van der Waals surface area contributed by atoms with Crippen LogP contribution >= 0.6 is 0 Å². The zero-order valence-electron chi connectivity index (χ0n) is 37.7. The SMILES string of the molecule is CC(C)(C)c1ccc(-n2c3ccc(C(C)(C)C)cc3c3cc4c(cc32)B2c3cc(C(C)(C)C)ccc3N3c5ccc(C(C)(C)C)cc5Oc5ccc(c2c53)C4(C)C)cc1. The summed E-state index contributed by atoms with van der Waals surface area (Å²) in [5.74, 6) is 1.85. The van der Waals surface area contributed by atoms with Crippen molar-refractivity contribution in [3.8, 4) is 17.2 Å². The number of hydrogen-bond acceptors (Lipinski definition) is 2. The summed E-state index contributed by atoms with van der Waals surface area (Å²) in [5, 5.41) is 2.62. The highest BCUT2D eigenvalue weighted by Gasteiger charge is 2.49. The van der Waals surface area contributed by atoms with Gasteiger partial charge in [-0.15, -0.1) is 0 Å². The van der Waals surface area contributed by atoms with Crippen molar-refractivity contribution in [1.29, 1.82) is 0 Å². The van der Waals surface area contributed by atoms with Gasteiger partial charge in [0.15, 0.2) is 11.5 Å². The van der Waals surface area contributed by atoms with Gasteiger partial charge in [-0.25, -0.2) is 0 Å². The summed E-state index contributed by atoms with van der Waals surface area (Å²) in [7, 11) is 0. The lowest BCUT2D eigenvalue weighted by molar-refractivity contribution is 0.472. The fraction of sp³-hybridized carbons (Fsp3) is 0.345. The van der Waals surface area contributed by atoms with E-state index < -0.39 is 0 Å². The Balaban J connectivity index is 1.30. The van der Waals surface area contributed by atoms with E-state index in [1.807, 2.05) is 0 Å². The Morgan fingerprint density at radius 2 is 1.03 bits per heavy atom. The first-order valence-corrected chi connectivity index (χ1v) is 21.7. The van der Waals surface area contributed by atoms with Crippen molar-refractivity contribution in [2.45, 2.75) is 124 Å². The average molecular weight is 775 g/mol. The summed E-state index contributed by atoms with van der Waals surface area (Å²) in [6, 6.07) is 40.4. The third-order valence-corrected chi connectivity index (χ3v) is 13.9. The molecule has 0 radical (unpaired) electrons. The standard InChI is InChI=1S/C55H59BN2O/c1-51(2,3)32-15-20-36(21-16-32)57-43-23-17-33(52(4,5)6)27-37(43)38-30-40-41(31-46(38)57)56-42-28-34(53(7,8)9)18-24-44(42)58-45-25-19-35(54(10,11)12)29-48(45)59-47-26-22-39(55(40,13)14)49(56)50(47)58/h15-31H,1-14H3. The zero-order chi connectivity index (χ0) is 41.9. The van der Waals surface area contributed by atoms with Crippen LogP contribution in [0.1, 0.15) is 130 Å². The Morgan fingerprint density at radius 1 is 0.475 bits per heavy atom. The molecule has 4 heteroatoms. The molecule has 10 rings (SSSR count). The van der Waals surface area contributed by atoms with Crippen LogP contribution < -0.4 is 26.0 Å². The van der Waals surface area contributed by atoms with Gasteiger partial charge in [-0.1, -0.05) is 145 Å². The van der Waals surface area contributed by atoms with Gasteiger partial charge in [0.1, 0.15) is 0 Å². The van der Waals surface area contributed by atoms with Crippen molar-refractivity contribution in [1.82, 2.24) is 4.57 Å². The molecule has 0 spiro atoms. The van der Waals surface area contributed by atoms with Crippen molar-refractivity contribution < 1.29 is 4.74 Å². The molecule has 7 aromatic rings. The topological polar surface area (TPSA) is 17.4 Å². The summed E-state index contributed by atoms with van der Waals surface area (Å²) in [6.07, 6.45) is 0. The summed E-state index contributed by atoms with van der Waals surface area (Å²) < 4.78 is 9.52. The Kier molecular flexibility index (Phi) is 7.71. The molecule has 1 aromatic heterocycles. The molecule has 3 aliphatic rings. The predicted octanol–water partition coefficient (Wildman–Crippen LogP) is 13.0. The molecule has 0 N–H and O–H groups in total. The van der Waals surface area contributed by atoms with Gasteiger partial charge in [0, 0.05) is 27.6 Å². The highest BCUT2D eigenvalue weighted by atomic mass is 16.5. The van der Waals surface area contributed by atoms with Gasteiger partial charge in [0.05, 0.1) is 22.4 Å². The smallest absolute Gasteiger partial charge is 0.247 e. The van der Waals surface area contributed by atoms with Crippen LogP contribution in [0.3, 0.4) is 0 Å². The van der Waals surface area contributed by atoms with Gasteiger partial charge >= 0.3 is 0 Å². The molecule has 59 heavy (non-hydrogen) atoms. The van der Waals surface area contributed by atoms with Gasteiger partial charge in [-0.05, 0) is 127 Å². The van der Waals surface area contributed by atoms with Crippen LogP contribution in [0.4, 0.5) is 17.1 Å². The number of rotatable bonds is 1. The van der Waals surface area contributed by atoms with E-state index in [0.717, 1.165) is 17.2 Å². The molecule has 0 amide bonds. The van der Waals surface area contributed by atoms with E-state index in [0.29, 0.717) is 0 Å². The molecular formula is C55H59BN2O. The molecule has 0 fully saturated rings. The number of fused-ring (bicyclic) bond motifs is 10. The van der Waals surface area contributed by atoms with Crippen molar-refractivity contribution in [3.63, 3.8) is 0 Å². The summed E-state index contributed by atoms with van der Waals surface area (Å²) >= 11 is 0. The highest BCUT2D eigenvalue weighted by Crippen LogP contribution is 2.54. The second kappa shape index (κ2) is 12.0. The minimum atomic E-state index is -0.268. The summed E-state index contributed by atoms with van der Waals surface area (Å²) in [5.41, 5.74) is 19.3. The molecule has 0 saturated heterocycles. The van der Waals surface area contributed by atoms with Crippen molar-refractivity contribution >= 4 is 62.0 Å². The molecule has 3 aliphatic heterocycles. The van der Waals surface area contributed by atoms with Gasteiger partial charge in [-0.3, -0.25) is 0 Å². The first-order chi connectivity index (χ1) is 27.5. The predicted molar refractivity (Wildman–Crippen MR) is 254 cm³/mol. The van der Waals surface area contributed by atoms with Crippen LogP contribution in [-0.2, 0) is 27.1 Å². The van der Waals surface area contributed by atoms with Crippen LogP contribution in [0.25, 0.3) is 27.5 Å². The number of hydrogen-bond donors (Lipinski definition) is 0. The van der Waals surface area contributed by atoms with Crippen molar-refractivity contribution in [2.24, 2.45) is 0 Å². The minimum Gasteiger partial charge on any atom is -0.453 e. The number of ether oxygens (including phenoxy) is 1. The second-order valence-corrected chi connectivity index (χ2v) is 22.4. The summed E-state index contributed by atoms with van der Waals surface area (Å²) in [4.78, 5) is 2.53. The molecule has 6 aromatic carbocycles. The van der Waals surface area contributed by atoms with Gasteiger partial charge in [0.25, 0.3) is 0 Å². The Bertz CT molecular complexity index is 2920. The van der Waals surface area contributed by atoms with Crippen molar-refractivity contribution in [2.75, 3.05) is 4.90 Å². The summed E-state index contributed by atoms with van der Waals surface area (Å²) in [6.45, 7) is 32.6. The molecule has 0 aliphatic carbocycles. The van der Waals surface area contributed by atoms with E-state index in [2.05, 4.69) is 210 Å². The minimum absolute atomic E-state index is 0.00546. The van der Waals surface area contributed by atoms with Gasteiger partial charge in [0.2, 0.25) is 6.71 Å². The van der Waals surface area contributed by atoms with E-state index >= 15 is 0 Å². The molecule has 4 heterocycles. The van der Waals surface area contributed by atoms with E-state index in [1.165, 1.54) is 88.6 Å².